The van der Waals surface area contributed by atoms with Gasteiger partial charge in [-0.3, -0.25) is 10.0 Å². The molecule has 0 atom stereocenters. The molecule has 0 unspecified atom stereocenters. The van der Waals surface area contributed by atoms with E-state index in [9.17, 15) is 10.0 Å². The molecule has 7 heteroatoms. The normalized spacial score (nSPS) is 15.3. The van der Waals surface area contributed by atoms with E-state index in [0.29, 0.717) is 29.6 Å². The number of halogens is 1. The average molecular weight is 385 g/mol. The Morgan fingerprint density at radius 1 is 1.19 bits per heavy atom. The lowest BCUT2D eigenvalue weighted by Gasteiger charge is -2.32. The van der Waals surface area contributed by atoms with E-state index in [0.717, 1.165) is 29.3 Å². The summed E-state index contributed by atoms with van der Waals surface area (Å²) >= 11 is 6.01. The number of carbonyl (C=O) groups excluding carboxylic acids is 1. The van der Waals surface area contributed by atoms with Gasteiger partial charge in [-0.15, -0.1) is 0 Å². The zero-order chi connectivity index (χ0) is 19.0. The van der Waals surface area contributed by atoms with Crippen LogP contribution in [0.4, 0.5) is 5.69 Å². The lowest BCUT2D eigenvalue weighted by Crippen LogP contribution is -2.37. The minimum Gasteiger partial charge on any atom is -0.733 e. The number of anilines is 1. The first-order valence-electron chi connectivity index (χ1n) is 8.85. The molecule has 0 radical (unpaired) electrons. The highest BCUT2D eigenvalue weighted by atomic mass is 35.5. The minimum atomic E-state index is -0.139. The van der Waals surface area contributed by atoms with Crippen molar-refractivity contribution in [2.75, 3.05) is 18.3 Å². The molecule has 1 aromatic heterocycles. The molecule has 3 aromatic rings. The number of H-pyrrole nitrogens is 1. The number of benzene rings is 2. The van der Waals surface area contributed by atoms with Crippen molar-refractivity contribution in [3.05, 3.63) is 70.0 Å². The quantitative estimate of drug-likeness (QED) is 0.649. The van der Waals surface area contributed by atoms with Gasteiger partial charge in [0.15, 0.2) is 0 Å². The molecule has 4 rings (SSSR count). The Hall–Kier alpha value is -2.54. The molecule has 6 nitrogen and oxygen atoms in total. The molecule has 2 heterocycles. The highest BCUT2D eigenvalue weighted by Gasteiger charge is 2.26. The number of nitrogens with zero attached hydrogens (tertiary/aromatic N) is 2. The van der Waals surface area contributed by atoms with E-state index in [1.807, 2.05) is 29.2 Å². The third kappa shape index (κ3) is 3.51. The summed E-state index contributed by atoms with van der Waals surface area (Å²) in [5.41, 5.74) is 2.86. The van der Waals surface area contributed by atoms with Gasteiger partial charge in [0.05, 0.1) is 11.3 Å². The van der Waals surface area contributed by atoms with Crippen molar-refractivity contribution in [1.82, 2.24) is 9.88 Å². The maximum absolute atomic E-state index is 12.9. The molecule has 140 valence electrons. The lowest BCUT2D eigenvalue weighted by molar-refractivity contribution is 0.0715. The largest absolute Gasteiger partial charge is 0.733 e. The van der Waals surface area contributed by atoms with E-state index in [2.05, 4.69) is 4.98 Å². The van der Waals surface area contributed by atoms with Crippen molar-refractivity contribution in [2.24, 2.45) is 0 Å². The summed E-state index contributed by atoms with van der Waals surface area (Å²) in [5.74, 6) is 0.364. The van der Waals surface area contributed by atoms with Crippen LogP contribution in [0.5, 0.6) is 0 Å². The topological polar surface area (TPSA) is 82.6 Å². The number of likely N-dealkylation sites (tertiary alicyclic amines) is 1. The van der Waals surface area contributed by atoms with E-state index in [1.54, 1.807) is 24.4 Å². The standard InChI is InChI=1S/C20H19ClN3O3/c21-15-3-6-17-18(12-22-19(17)11-15)20(25)23-9-7-14(8-10-23)13-1-4-16(5-2-13)24(26)27/h1-6,11-12,14,22,26H,7-10H2/q-1. The number of amides is 1. The third-order valence-corrected chi connectivity index (χ3v) is 5.48. The van der Waals surface area contributed by atoms with E-state index in [1.165, 1.54) is 0 Å². The van der Waals surface area contributed by atoms with Gasteiger partial charge in [0, 0.05) is 35.2 Å². The van der Waals surface area contributed by atoms with Gasteiger partial charge < -0.3 is 20.3 Å². The Morgan fingerprint density at radius 2 is 1.89 bits per heavy atom. The number of hydrogen-bond donors (Lipinski definition) is 2. The summed E-state index contributed by atoms with van der Waals surface area (Å²) in [4.78, 5) is 17.9. The Labute approximate surface area is 161 Å². The fourth-order valence-corrected chi connectivity index (χ4v) is 3.91. The third-order valence-electron chi connectivity index (χ3n) is 5.24. The Morgan fingerprint density at radius 3 is 2.56 bits per heavy atom. The second-order valence-corrected chi connectivity index (χ2v) is 7.26. The lowest BCUT2D eigenvalue weighted by atomic mass is 9.89. The van der Waals surface area contributed by atoms with Crippen LogP contribution in [0.3, 0.4) is 0 Å². The fourth-order valence-electron chi connectivity index (χ4n) is 3.74. The number of piperidine rings is 1. The van der Waals surface area contributed by atoms with Crippen molar-refractivity contribution >= 4 is 34.1 Å². The smallest absolute Gasteiger partial charge is 0.256 e. The summed E-state index contributed by atoms with van der Waals surface area (Å²) in [5, 5.41) is 21.2. The van der Waals surface area contributed by atoms with Crippen LogP contribution < -0.4 is 5.23 Å². The van der Waals surface area contributed by atoms with Gasteiger partial charge in [0.25, 0.3) is 5.91 Å². The number of nitrogens with one attached hydrogen (secondary N) is 1. The Balaban J connectivity index is 1.44. The highest BCUT2D eigenvalue weighted by molar-refractivity contribution is 6.31. The summed E-state index contributed by atoms with van der Waals surface area (Å²) < 4.78 is 0. The number of rotatable bonds is 3. The number of carbonyl (C=O) groups is 1. The molecule has 0 spiro atoms. The van der Waals surface area contributed by atoms with Crippen molar-refractivity contribution in [3.8, 4) is 0 Å². The van der Waals surface area contributed by atoms with Crippen LogP contribution in [0.25, 0.3) is 10.9 Å². The van der Waals surface area contributed by atoms with Crippen LogP contribution in [-0.4, -0.2) is 34.1 Å². The summed E-state index contributed by atoms with van der Waals surface area (Å²) in [6.07, 6.45) is 3.47. The van der Waals surface area contributed by atoms with Gasteiger partial charge >= 0.3 is 0 Å². The molecule has 0 bridgehead atoms. The van der Waals surface area contributed by atoms with Gasteiger partial charge in [-0.05, 0) is 48.6 Å². The molecule has 0 aliphatic carbocycles. The summed E-state index contributed by atoms with van der Waals surface area (Å²) in [6, 6.07) is 12.4. The first-order chi connectivity index (χ1) is 13.0. The van der Waals surface area contributed by atoms with Gasteiger partial charge in [-0.2, -0.15) is 0 Å². The SMILES string of the molecule is O=C(c1c[nH]c2cc(Cl)ccc12)N1CCC(c2ccc(N([O-])O)cc2)CC1. The second-order valence-electron chi connectivity index (χ2n) is 6.82. The van der Waals surface area contributed by atoms with E-state index in [4.69, 9.17) is 16.8 Å². The molecule has 2 N–H and O–H groups in total. The Bertz CT molecular complexity index is 960. The van der Waals surface area contributed by atoms with E-state index >= 15 is 0 Å². The molecule has 0 saturated carbocycles. The van der Waals surface area contributed by atoms with E-state index < -0.39 is 0 Å². The minimum absolute atomic E-state index is 0.0275. The number of fused-ring (bicyclic) bond motifs is 1. The van der Waals surface area contributed by atoms with Crippen LogP contribution in [0.2, 0.25) is 5.02 Å². The van der Waals surface area contributed by atoms with Gasteiger partial charge in [-0.1, -0.05) is 29.8 Å². The van der Waals surface area contributed by atoms with Crippen LogP contribution in [0.15, 0.2) is 48.7 Å². The number of aromatic amines is 1. The zero-order valence-electron chi connectivity index (χ0n) is 14.6. The van der Waals surface area contributed by atoms with Crippen molar-refractivity contribution in [3.63, 3.8) is 0 Å². The average Bonchev–Trinajstić information content (AvgIpc) is 3.10. The van der Waals surface area contributed by atoms with Gasteiger partial charge in [-0.25, -0.2) is 0 Å². The molecule has 1 saturated heterocycles. The predicted octanol–water partition coefficient (Wildman–Crippen LogP) is 4.53. The van der Waals surface area contributed by atoms with Crippen LogP contribution in [0.1, 0.15) is 34.7 Å². The fraction of sp³-hybridized carbons (Fsp3) is 0.250. The van der Waals surface area contributed by atoms with E-state index in [-0.39, 0.29) is 16.8 Å². The maximum atomic E-state index is 12.9. The molecule has 1 fully saturated rings. The van der Waals surface area contributed by atoms with Crippen LogP contribution >= 0.6 is 11.6 Å². The first kappa shape index (κ1) is 17.9. The number of hydrogen-bond acceptors (Lipinski definition) is 4. The molecule has 1 aliphatic rings. The Kier molecular flexibility index (Phi) is 4.78. The molecule has 27 heavy (non-hydrogen) atoms. The highest BCUT2D eigenvalue weighted by Crippen LogP contribution is 2.31. The van der Waals surface area contributed by atoms with Gasteiger partial charge in [0.1, 0.15) is 0 Å². The number of aromatic nitrogens is 1. The van der Waals surface area contributed by atoms with Crippen molar-refractivity contribution in [2.45, 2.75) is 18.8 Å². The summed E-state index contributed by atoms with van der Waals surface area (Å²) in [7, 11) is 0. The second kappa shape index (κ2) is 7.23. The monoisotopic (exact) mass is 384 g/mol. The summed E-state index contributed by atoms with van der Waals surface area (Å²) in [6.45, 7) is 1.36. The molecule has 1 amide bonds. The maximum Gasteiger partial charge on any atom is 0.256 e. The molecule has 2 aromatic carbocycles. The predicted molar refractivity (Wildman–Crippen MR) is 105 cm³/mol. The van der Waals surface area contributed by atoms with Gasteiger partial charge in [0.2, 0.25) is 0 Å². The molecule has 1 aliphatic heterocycles. The van der Waals surface area contributed by atoms with Crippen molar-refractivity contribution < 1.29 is 10.0 Å². The van der Waals surface area contributed by atoms with Crippen LogP contribution in [0, 0.1) is 5.21 Å². The molecular weight excluding hydrogens is 366 g/mol. The van der Waals surface area contributed by atoms with Crippen LogP contribution in [-0.2, 0) is 0 Å². The first-order valence-corrected chi connectivity index (χ1v) is 9.23. The molecular formula is C20H19ClN3O3-. The zero-order valence-corrected chi connectivity index (χ0v) is 15.3. The van der Waals surface area contributed by atoms with Crippen molar-refractivity contribution in [1.29, 1.82) is 0 Å².